The highest BCUT2D eigenvalue weighted by Crippen LogP contribution is 2.24. The molecule has 110 valence electrons. The second kappa shape index (κ2) is 6.13. The summed E-state index contributed by atoms with van der Waals surface area (Å²) in [6.07, 6.45) is 0.0163. The molecule has 0 aromatic heterocycles. The molecule has 1 saturated heterocycles. The summed E-state index contributed by atoms with van der Waals surface area (Å²) in [4.78, 5) is 12.7. The number of ether oxygens (including phenoxy) is 1. The van der Waals surface area contributed by atoms with E-state index in [1.165, 1.54) is 10.5 Å². The van der Waals surface area contributed by atoms with Gasteiger partial charge in [0, 0.05) is 24.7 Å². The molecule has 0 spiro atoms. The molecule has 3 unspecified atom stereocenters. The summed E-state index contributed by atoms with van der Waals surface area (Å²) in [7, 11) is 1.65. The zero-order valence-electron chi connectivity index (χ0n) is 12.2. The van der Waals surface area contributed by atoms with Crippen LogP contribution >= 0.6 is 0 Å². The lowest BCUT2D eigenvalue weighted by molar-refractivity contribution is 0.126. The molecule has 1 aliphatic heterocycles. The number of nitrogens with zero attached hydrogens (tertiary/aromatic N) is 1. The van der Waals surface area contributed by atoms with E-state index in [1.54, 1.807) is 7.11 Å². The first-order valence-electron chi connectivity index (χ1n) is 6.90. The number of carbonyl (C=O) groups is 1. The van der Waals surface area contributed by atoms with Gasteiger partial charge in [-0.2, -0.15) is 0 Å². The maximum Gasteiger partial charge on any atom is 0.407 e. The van der Waals surface area contributed by atoms with E-state index < -0.39 is 6.09 Å². The second-order valence-corrected chi connectivity index (χ2v) is 5.35. The molecule has 1 fully saturated rings. The van der Waals surface area contributed by atoms with Crippen LogP contribution in [0.4, 0.5) is 4.79 Å². The van der Waals surface area contributed by atoms with Gasteiger partial charge in [0.05, 0.1) is 7.11 Å². The largest absolute Gasteiger partial charge is 0.497 e. The molecule has 2 rings (SSSR count). The molecule has 5 nitrogen and oxygen atoms in total. The third-order valence-electron chi connectivity index (χ3n) is 4.04. The monoisotopic (exact) mass is 278 g/mol. The number of methoxy groups -OCH3 is 1. The Morgan fingerprint density at radius 1 is 1.40 bits per heavy atom. The summed E-state index contributed by atoms with van der Waals surface area (Å²) >= 11 is 0. The van der Waals surface area contributed by atoms with E-state index in [1.807, 2.05) is 38.1 Å². The van der Waals surface area contributed by atoms with Crippen molar-refractivity contribution in [1.82, 2.24) is 10.2 Å². The fraction of sp³-hybridized carbons (Fsp3) is 0.533. The number of likely N-dealkylation sites (tertiary alicyclic amines) is 1. The van der Waals surface area contributed by atoms with Crippen molar-refractivity contribution in [3.63, 3.8) is 0 Å². The van der Waals surface area contributed by atoms with Gasteiger partial charge in [-0.1, -0.05) is 12.1 Å². The van der Waals surface area contributed by atoms with Crippen molar-refractivity contribution >= 4 is 6.09 Å². The Bertz CT molecular complexity index is 461. The van der Waals surface area contributed by atoms with Crippen LogP contribution in [-0.2, 0) is 6.54 Å². The Labute approximate surface area is 119 Å². The van der Waals surface area contributed by atoms with Crippen LogP contribution in [0.5, 0.6) is 5.75 Å². The van der Waals surface area contributed by atoms with Crippen LogP contribution in [0.25, 0.3) is 0 Å². The highest BCUT2D eigenvalue weighted by Gasteiger charge is 2.38. The normalized spacial score (nSPS) is 25.8. The van der Waals surface area contributed by atoms with Gasteiger partial charge in [0.15, 0.2) is 0 Å². The second-order valence-electron chi connectivity index (χ2n) is 5.35. The van der Waals surface area contributed by atoms with Crippen molar-refractivity contribution in [2.45, 2.75) is 44.9 Å². The summed E-state index contributed by atoms with van der Waals surface area (Å²) in [5.41, 5.74) is 1.17. The van der Waals surface area contributed by atoms with Gasteiger partial charge in [0.25, 0.3) is 0 Å². The molecule has 1 heterocycles. The lowest BCUT2D eigenvalue weighted by Crippen LogP contribution is -2.43. The van der Waals surface area contributed by atoms with Gasteiger partial charge in [-0.25, -0.2) is 4.79 Å². The standard InChI is InChI=1S/C15H22N2O3/c1-10-8-14(11(2)17(10)15(18)19)16-9-12-4-6-13(20-3)7-5-12/h4-7,10-11,14,16H,8-9H2,1-3H3,(H,18,19). The Balaban J connectivity index is 1.92. The van der Waals surface area contributed by atoms with Crippen molar-refractivity contribution in [2.24, 2.45) is 0 Å². The van der Waals surface area contributed by atoms with Crippen LogP contribution in [0.1, 0.15) is 25.8 Å². The first kappa shape index (κ1) is 14.7. The van der Waals surface area contributed by atoms with Gasteiger partial charge < -0.3 is 20.1 Å². The predicted molar refractivity (Wildman–Crippen MR) is 77.0 cm³/mol. The molecule has 2 N–H and O–H groups in total. The zero-order chi connectivity index (χ0) is 14.7. The third kappa shape index (κ3) is 3.04. The first-order chi connectivity index (χ1) is 9.52. The minimum Gasteiger partial charge on any atom is -0.497 e. The Morgan fingerprint density at radius 2 is 2.05 bits per heavy atom. The lowest BCUT2D eigenvalue weighted by atomic mass is 10.1. The van der Waals surface area contributed by atoms with Crippen molar-refractivity contribution in [1.29, 1.82) is 0 Å². The van der Waals surface area contributed by atoms with Crippen LogP contribution < -0.4 is 10.1 Å². The Kier molecular flexibility index (Phi) is 4.49. The van der Waals surface area contributed by atoms with Gasteiger partial charge in [-0.3, -0.25) is 0 Å². The quantitative estimate of drug-likeness (QED) is 0.887. The molecular weight excluding hydrogens is 256 g/mol. The average Bonchev–Trinajstić information content (AvgIpc) is 2.71. The van der Waals surface area contributed by atoms with Gasteiger partial charge in [0.1, 0.15) is 5.75 Å². The highest BCUT2D eigenvalue weighted by molar-refractivity contribution is 5.66. The van der Waals surface area contributed by atoms with Crippen LogP contribution in [0.2, 0.25) is 0 Å². The Hall–Kier alpha value is -1.75. The minimum atomic E-state index is -0.834. The smallest absolute Gasteiger partial charge is 0.407 e. The number of carboxylic acid groups (broad SMARTS) is 1. The molecule has 1 aromatic rings. The minimum absolute atomic E-state index is 0.000693. The number of amides is 1. The predicted octanol–water partition coefficient (Wildman–Crippen LogP) is 2.31. The van der Waals surface area contributed by atoms with E-state index in [-0.39, 0.29) is 18.1 Å². The third-order valence-corrected chi connectivity index (χ3v) is 4.04. The highest BCUT2D eigenvalue weighted by atomic mass is 16.5. The van der Waals surface area contributed by atoms with Crippen molar-refractivity contribution in [3.8, 4) is 5.75 Å². The fourth-order valence-electron chi connectivity index (χ4n) is 2.88. The van der Waals surface area contributed by atoms with Crippen molar-refractivity contribution < 1.29 is 14.6 Å². The number of hydrogen-bond donors (Lipinski definition) is 2. The molecule has 0 bridgehead atoms. The lowest BCUT2D eigenvalue weighted by Gasteiger charge is -2.24. The van der Waals surface area contributed by atoms with Gasteiger partial charge in [-0.05, 0) is 38.0 Å². The van der Waals surface area contributed by atoms with E-state index >= 15 is 0 Å². The van der Waals surface area contributed by atoms with Crippen LogP contribution in [0.3, 0.4) is 0 Å². The molecule has 0 aliphatic carbocycles. The van der Waals surface area contributed by atoms with Crippen LogP contribution in [0.15, 0.2) is 24.3 Å². The number of benzene rings is 1. The van der Waals surface area contributed by atoms with Gasteiger partial charge in [0.2, 0.25) is 0 Å². The molecule has 5 heteroatoms. The maximum absolute atomic E-state index is 11.2. The van der Waals surface area contributed by atoms with Gasteiger partial charge >= 0.3 is 6.09 Å². The summed E-state index contributed by atoms with van der Waals surface area (Å²) in [5.74, 6) is 0.841. The van der Waals surface area contributed by atoms with Crippen molar-refractivity contribution in [3.05, 3.63) is 29.8 Å². The number of nitrogens with one attached hydrogen (secondary N) is 1. The van der Waals surface area contributed by atoms with Crippen molar-refractivity contribution in [2.75, 3.05) is 7.11 Å². The van der Waals surface area contributed by atoms with E-state index in [0.717, 1.165) is 18.7 Å². The molecule has 20 heavy (non-hydrogen) atoms. The fourth-order valence-corrected chi connectivity index (χ4v) is 2.88. The van der Waals surface area contributed by atoms with Crippen LogP contribution in [-0.4, -0.2) is 41.3 Å². The summed E-state index contributed by atoms with van der Waals surface area (Å²) < 4.78 is 5.13. The number of hydrogen-bond acceptors (Lipinski definition) is 3. The van der Waals surface area contributed by atoms with E-state index in [4.69, 9.17) is 4.74 Å². The molecule has 1 aliphatic rings. The SMILES string of the molecule is COc1ccc(CNC2CC(C)N(C(=O)O)C2C)cc1. The maximum atomic E-state index is 11.2. The zero-order valence-corrected chi connectivity index (χ0v) is 12.2. The molecule has 1 amide bonds. The molecule has 1 aromatic carbocycles. The Morgan fingerprint density at radius 3 is 2.55 bits per heavy atom. The molecule has 3 atom stereocenters. The summed E-state index contributed by atoms with van der Waals surface area (Å²) in [6.45, 7) is 4.65. The first-order valence-corrected chi connectivity index (χ1v) is 6.90. The van der Waals surface area contributed by atoms with Gasteiger partial charge in [-0.15, -0.1) is 0 Å². The van der Waals surface area contributed by atoms with E-state index in [9.17, 15) is 9.90 Å². The summed E-state index contributed by atoms with van der Waals surface area (Å²) in [5, 5.41) is 12.7. The van der Waals surface area contributed by atoms with Crippen LogP contribution in [0, 0.1) is 0 Å². The summed E-state index contributed by atoms with van der Waals surface area (Å²) in [6, 6.07) is 8.16. The van der Waals surface area contributed by atoms with E-state index in [2.05, 4.69) is 5.32 Å². The molecule has 0 saturated carbocycles. The molecule has 0 radical (unpaired) electrons. The van der Waals surface area contributed by atoms with E-state index in [0.29, 0.717) is 0 Å². The topological polar surface area (TPSA) is 61.8 Å². The molecular formula is C15H22N2O3. The average molecular weight is 278 g/mol. The number of rotatable bonds is 4.